The van der Waals surface area contributed by atoms with E-state index in [-0.39, 0.29) is 0 Å². The number of halogens is 1. The topological polar surface area (TPSA) is 70.9 Å². The number of ether oxygens (including phenoxy) is 1. The van der Waals surface area contributed by atoms with E-state index in [2.05, 4.69) is 26.5 Å². The molecule has 29 heavy (non-hydrogen) atoms. The van der Waals surface area contributed by atoms with Crippen molar-refractivity contribution < 1.29 is 14.6 Å². The first-order valence-corrected chi connectivity index (χ1v) is 9.94. The van der Waals surface area contributed by atoms with Gasteiger partial charge in [0.1, 0.15) is 5.75 Å². The summed E-state index contributed by atoms with van der Waals surface area (Å²) in [6, 6.07) is 23.1. The molecule has 0 unspecified atom stereocenters. The lowest BCUT2D eigenvalue weighted by Gasteiger charge is -2.27. The van der Waals surface area contributed by atoms with Crippen LogP contribution >= 0.6 is 15.9 Å². The average molecular weight is 453 g/mol. The van der Waals surface area contributed by atoms with Crippen molar-refractivity contribution in [1.82, 2.24) is 5.43 Å². The van der Waals surface area contributed by atoms with Gasteiger partial charge in [-0.25, -0.2) is 5.43 Å². The van der Waals surface area contributed by atoms with Crippen LogP contribution in [-0.2, 0) is 10.4 Å². The summed E-state index contributed by atoms with van der Waals surface area (Å²) in [4.78, 5) is 13.0. The van der Waals surface area contributed by atoms with E-state index in [1.54, 1.807) is 48.5 Å². The van der Waals surface area contributed by atoms with Crippen LogP contribution < -0.4 is 10.2 Å². The third-order valence-corrected chi connectivity index (χ3v) is 4.97. The quantitative estimate of drug-likeness (QED) is 0.416. The molecular weight excluding hydrogens is 432 g/mol. The van der Waals surface area contributed by atoms with Gasteiger partial charge in [0.15, 0.2) is 5.60 Å². The van der Waals surface area contributed by atoms with Gasteiger partial charge < -0.3 is 9.84 Å². The molecule has 0 saturated carbocycles. The molecule has 3 aromatic carbocycles. The summed E-state index contributed by atoms with van der Waals surface area (Å²) < 4.78 is 6.27. The second-order valence-electron chi connectivity index (χ2n) is 6.26. The third-order valence-electron chi connectivity index (χ3n) is 4.35. The molecule has 0 aromatic heterocycles. The zero-order chi connectivity index (χ0) is 20.7. The van der Waals surface area contributed by atoms with Crippen molar-refractivity contribution in [2.24, 2.45) is 5.10 Å². The number of nitrogens with one attached hydrogen (secondary N) is 1. The number of aliphatic hydroxyl groups is 1. The van der Waals surface area contributed by atoms with Crippen LogP contribution in [0.1, 0.15) is 23.6 Å². The summed E-state index contributed by atoms with van der Waals surface area (Å²) in [6.07, 6.45) is 1.51. The lowest BCUT2D eigenvalue weighted by molar-refractivity contribution is -0.136. The van der Waals surface area contributed by atoms with Crippen LogP contribution in [0, 0.1) is 0 Å². The van der Waals surface area contributed by atoms with Crippen molar-refractivity contribution in [3.8, 4) is 5.75 Å². The van der Waals surface area contributed by atoms with Crippen LogP contribution in [-0.4, -0.2) is 23.8 Å². The van der Waals surface area contributed by atoms with Gasteiger partial charge in [0.25, 0.3) is 5.91 Å². The van der Waals surface area contributed by atoms with Crippen LogP contribution in [0.25, 0.3) is 0 Å². The maximum Gasteiger partial charge on any atom is 0.281 e. The van der Waals surface area contributed by atoms with E-state index in [9.17, 15) is 9.90 Å². The smallest absolute Gasteiger partial charge is 0.281 e. The Kier molecular flexibility index (Phi) is 6.80. The molecule has 2 N–H and O–H groups in total. The minimum atomic E-state index is -1.86. The second-order valence-corrected chi connectivity index (χ2v) is 7.12. The average Bonchev–Trinajstić information content (AvgIpc) is 2.76. The minimum Gasteiger partial charge on any atom is -0.493 e. The summed E-state index contributed by atoms with van der Waals surface area (Å²) in [5.41, 5.74) is 2.29. The van der Waals surface area contributed by atoms with Gasteiger partial charge in [0, 0.05) is 0 Å². The largest absolute Gasteiger partial charge is 0.493 e. The number of benzene rings is 3. The highest BCUT2D eigenvalue weighted by Gasteiger charge is 2.39. The normalized spacial score (nSPS) is 11.4. The van der Waals surface area contributed by atoms with Gasteiger partial charge >= 0.3 is 0 Å². The predicted octanol–water partition coefficient (Wildman–Crippen LogP) is 4.23. The number of carbonyl (C=O) groups excluding carboxylic acids is 1. The highest BCUT2D eigenvalue weighted by molar-refractivity contribution is 9.10. The second kappa shape index (κ2) is 9.49. The molecule has 0 saturated heterocycles. The molecule has 3 aromatic rings. The number of nitrogens with zero attached hydrogens (tertiary/aromatic N) is 1. The van der Waals surface area contributed by atoms with Crippen molar-refractivity contribution in [3.63, 3.8) is 0 Å². The first-order chi connectivity index (χ1) is 14.1. The number of hydrogen-bond donors (Lipinski definition) is 2. The SMILES string of the molecule is CCOc1ccc(/C=N\NC(=O)C(O)(c2ccccc2)c2ccccc2)cc1Br. The molecule has 0 fully saturated rings. The van der Waals surface area contributed by atoms with Crippen LogP contribution in [0.5, 0.6) is 5.75 Å². The molecule has 0 aliphatic heterocycles. The van der Waals surface area contributed by atoms with Crippen molar-refractivity contribution >= 4 is 28.1 Å². The Balaban J connectivity index is 1.83. The monoisotopic (exact) mass is 452 g/mol. The van der Waals surface area contributed by atoms with Gasteiger partial charge in [-0.3, -0.25) is 4.79 Å². The summed E-state index contributed by atoms with van der Waals surface area (Å²) >= 11 is 3.45. The molecule has 3 rings (SSSR count). The molecule has 0 aliphatic rings. The van der Waals surface area contributed by atoms with E-state index in [4.69, 9.17) is 4.74 Å². The molecule has 148 valence electrons. The molecule has 0 bridgehead atoms. The Morgan fingerprint density at radius 2 is 1.66 bits per heavy atom. The Bertz CT molecular complexity index is 952. The van der Waals surface area contributed by atoms with E-state index in [0.29, 0.717) is 17.7 Å². The van der Waals surface area contributed by atoms with Gasteiger partial charge in [-0.05, 0) is 57.7 Å². The lowest BCUT2D eigenvalue weighted by atomic mass is 9.85. The van der Waals surface area contributed by atoms with Crippen LogP contribution in [0.15, 0.2) is 88.4 Å². The van der Waals surface area contributed by atoms with Crippen molar-refractivity contribution in [3.05, 3.63) is 100 Å². The fourth-order valence-electron chi connectivity index (χ4n) is 2.90. The number of amides is 1. The Labute approximate surface area is 178 Å². The van der Waals surface area contributed by atoms with E-state index < -0.39 is 11.5 Å². The molecule has 0 atom stereocenters. The molecule has 0 spiro atoms. The first-order valence-electron chi connectivity index (χ1n) is 9.15. The molecule has 0 radical (unpaired) electrons. The fraction of sp³-hybridized carbons (Fsp3) is 0.130. The summed E-state index contributed by atoms with van der Waals surface area (Å²) in [5, 5.41) is 15.4. The highest BCUT2D eigenvalue weighted by atomic mass is 79.9. The Morgan fingerprint density at radius 1 is 1.07 bits per heavy atom. The van der Waals surface area contributed by atoms with E-state index >= 15 is 0 Å². The molecule has 1 amide bonds. The number of hydrogen-bond acceptors (Lipinski definition) is 4. The highest BCUT2D eigenvalue weighted by Crippen LogP contribution is 2.30. The van der Waals surface area contributed by atoms with Crippen LogP contribution in [0.2, 0.25) is 0 Å². The van der Waals surface area contributed by atoms with Crippen LogP contribution in [0.3, 0.4) is 0 Å². The lowest BCUT2D eigenvalue weighted by Crippen LogP contribution is -2.43. The fourth-order valence-corrected chi connectivity index (χ4v) is 3.41. The first kappa shape index (κ1) is 20.8. The van der Waals surface area contributed by atoms with E-state index in [1.165, 1.54) is 6.21 Å². The molecule has 0 aliphatic carbocycles. The molecular formula is C23H21BrN2O3. The van der Waals surface area contributed by atoms with Gasteiger partial charge in [0.05, 0.1) is 17.3 Å². The zero-order valence-electron chi connectivity index (χ0n) is 15.9. The van der Waals surface area contributed by atoms with Crippen molar-refractivity contribution in [2.75, 3.05) is 6.61 Å². The van der Waals surface area contributed by atoms with Gasteiger partial charge in [-0.15, -0.1) is 0 Å². The molecule has 6 heteroatoms. The minimum absolute atomic E-state index is 0.461. The van der Waals surface area contributed by atoms with E-state index in [0.717, 1.165) is 15.8 Å². The summed E-state index contributed by atoms with van der Waals surface area (Å²) in [6.45, 7) is 2.48. The van der Waals surface area contributed by atoms with Gasteiger partial charge in [0.2, 0.25) is 0 Å². The maximum absolute atomic E-state index is 13.0. The van der Waals surface area contributed by atoms with Crippen molar-refractivity contribution in [2.45, 2.75) is 12.5 Å². The van der Waals surface area contributed by atoms with Crippen LogP contribution in [0.4, 0.5) is 0 Å². The number of rotatable bonds is 7. The third kappa shape index (κ3) is 4.72. The standard InChI is InChI=1S/C23H21BrN2O3/c1-2-29-21-14-13-17(15-20(21)24)16-25-26-22(27)23(28,18-9-5-3-6-10-18)19-11-7-4-8-12-19/h3-16,28H,2H2,1H3,(H,26,27)/b25-16-. The van der Waals surface area contributed by atoms with E-state index in [1.807, 2.05) is 37.3 Å². The molecule has 0 heterocycles. The zero-order valence-corrected chi connectivity index (χ0v) is 17.5. The molecule has 5 nitrogen and oxygen atoms in total. The van der Waals surface area contributed by atoms with Crippen molar-refractivity contribution in [1.29, 1.82) is 0 Å². The maximum atomic E-state index is 13.0. The number of hydrazone groups is 1. The number of carbonyl (C=O) groups is 1. The Hall–Kier alpha value is -2.96. The summed E-state index contributed by atoms with van der Waals surface area (Å²) in [5.74, 6) is 0.0902. The Morgan fingerprint density at radius 3 is 2.17 bits per heavy atom. The summed E-state index contributed by atoms with van der Waals surface area (Å²) in [7, 11) is 0. The predicted molar refractivity (Wildman–Crippen MR) is 117 cm³/mol. The van der Waals surface area contributed by atoms with Gasteiger partial charge in [-0.1, -0.05) is 60.7 Å². The van der Waals surface area contributed by atoms with Gasteiger partial charge in [-0.2, -0.15) is 5.10 Å².